The van der Waals surface area contributed by atoms with Gasteiger partial charge in [0, 0.05) is 17.4 Å². The molecular weight excluding hydrogens is 272 g/mol. The summed E-state index contributed by atoms with van der Waals surface area (Å²) < 4.78 is 0. The second kappa shape index (κ2) is 5.84. The first-order chi connectivity index (χ1) is 10.6. The zero-order valence-electron chi connectivity index (χ0n) is 13.3. The highest BCUT2D eigenvalue weighted by Crippen LogP contribution is 2.32. The highest BCUT2D eigenvalue weighted by Gasteiger charge is 2.32. The fraction of sp³-hybridized carbons (Fsp3) is 0.316. The number of hydrogen-bond acceptors (Lipinski definition) is 2. The van der Waals surface area contributed by atoms with E-state index in [1.54, 1.807) is 0 Å². The van der Waals surface area contributed by atoms with Gasteiger partial charge in [-0.3, -0.25) is 4.79 Å². The zero-order chi connectivity index (χ0) is 15.7. The Morgan fingerprint density at radius 1 is 1.18 bits per heavy atom. The Hall–Kier alpha value is -2.29. The number of para-hydroxylation sites is 1. The number of aryl methyl sites for hydroxylation is 1. The maximum absolute atomic E-state index is 12.9. The van der Waals surface area contributed by atoms with Crippen molar-refractivity contribution >= 4 is 17.3 Å². The summed E-state index contributed by atoms with van der Waals surface area (Å²) in [5, 5.41) is 3.31. The molecule has 22 heavy (non-hydrogen) atoms. The van der Waals surface area contributed by atoms with Crippen LogP contribution in [0, 0.1) is 6.92 Å². The van der Waals surface area contributed by atoms with Crippen molar-refractivity contribution in [2.75, 3.05) is 10.2 Å². The Morgan fingerprint density at radius 3 is 2.59 bits per heavy atom. The van der Waals surface area contributed by atoms with Crippen molar-refractivity contribution in [1.29, 1.82) is 0 Å². The number of rotatable bonds is 3. The van der Waals surface area contributed by atoms with Crippen molar-refractivity contribution in [3.8, 4) is 0 Å². The van der Waals surface area contributed by atoms with Crippen molar-refractivity contribution in [2.24, 2.45) is 0 Å². The molecule has 0 spiro atoms. The molecule has 1 N–H and O–H groups in total. The first-order valence-corrected chi connectivity index (χ1v) is 7.80. The molecule has 0 aromatic heterocycles. The van der Waals surface area contributed by atoms with Crippen LogP contribution in [-0.4, -0.2) is 18.0 Å². The number of nitrogens with one attached hydrogen (secondary N) is 1. The van der Waals surface area contributed by atoms with Gasteiger partial charge in [0.05, 0.1) is 0 Å². The van der Waals surface area contributed by atoms with Gasteiger partial charge in [0.25, 0.3) is 0 Å². The maximum Gasteiger partial charge on any atom is 0.249 e. The molecular formula is C19H22N2O. The van der Waals surface area contributed by atoms with E-state index in [1.165, 1.54) is 11.1 Å². The Balaban J connectivity index is 1.77. The molecule has 0 saturated heterocycles. The van der Waals surface area contributed by atoms with E-state index in [0.717, 1.165) is 17.8 Å². The van der Waals surface area contributed by atoms with Crippen LogP contribution in [0.2, 0.25) is 0 Å². The number of anilines is 2. The van der Waals surface area contributed by atoms with E-state index in [2.05, 4.69) is 25.2 Å². The monoisotopic (exact) mass is 294 g/mol. The summed E-state index contributed by atoms with van der Waals surface area (Å²) in [6.07, 6.45) is 0.930. The van der Waals surface area contributed by atoms with Gasteiger partial charge in [-0.25, -0.2) is 0 Å². The number of amides is 1. The van der Waals surface area contributed by atoms with Gasteiger partial charge in [0.2, 0.25) is 5.91 Å². The first kappa shape index (κ1) is 14.6. The van der Waals surface area contributed by atoms with Gasteiger partial charge in [-0.2, -0.15) is 0 Å². The van der Waals surface area contributed by atoms with E-state index in [0.29, 0.717) is 0 Å². The SMILES string of the molecule is Cc1ccc(NC(C)C(=O)N2c3ccccc3CC2C)cc1. The van der Waals surface area contributed by atoms with Crippen LogP contribution < -0.4 is 10.2 Å². The summed E-state index contributed by atoms with van der Waals surface area (Å²) in [5.41, 5.74) is 4.50. The minimum atomic E-state index is -0.253. The lowest BCUT2D eigenvalue weighted by molar-refractivity contribution is -0.119. The summed E-state index contributed by atoms with van der Waals surface area (Å²) >= 11 is 0. The van der Waals surface area contributed by atoms with Crippen LogP contribution in [0.5, 0.6) is 0 Å². The summed E-state index contributed by atoms with van der Waals surface area (Å²) in [7, 11) is 0. The second-order valence-electron chi connectivity index (χ2n) is 6.12. The molecule has 1 aliphatic rings. The molecule has 3 rings (SSSR count). The van der Waals surface area contributed by atoms with E-state index in [9.17, 15) is 4.79 Å². The number of carbonyl (C=O) groups is 1. The Bertz CT molecular complexity index is 678. The lowest BCUT2D eigenvalue weighted by Gasteiger charge is -2.27. The third-order valence-corrected chi connectivity index (χ3v) is 4.25. The van der Waals surface area contributed by atoms with Gasteiger partial charge in [-0.05, 0) is 51.0 Å². The Morgan fingerprint density at radius 2 is 1.86 bits per heavy atom. The molecule has 114 valence electrons. The topological polar surface area (TPSA) is 32.3 Å². The average Bonchev–Trinajstić information content (AvgIpc) is 2.84. The fourth-order valence-electron chi connectivity index (χ4n) is 3.07. The van der Waals surface area contributed by atoms with Crippen LogP contribution in [0.4, 0.5) is 11.4 Å². The summed E-state index contributed by atoms with van der Waals surface area (Å²) in [4.78, 5) is 14.8. The van der Waals surface area contributed by atoms with Gasteiger partial charge in [-0.15, -0.1) is 0 Å². The molecule has 3 nitrogen and oxygen atoms in total. The van der Waals surface area contributed by atoms with Gasteiger partial charge in [-0.1, -0.05) is 35.9 Å². The lowest BCUT2D eigenvalue weighted by atomic mass is 10.1. The third-order valence-electron chi connectivity index (χ3n) is 4.25. The smallest absolute Gasteiger partial charge is 0.249 e. The highest BCUT2D eigenvalue weighted by atomic mass is 16.2. The molecule has 0 radical (unpaired) electrons. The van der Waals surface area contributed by atoms with Crippen LogP contribution >= 0.6 is 0 Å². The van der Waals surface area contributed by atoms with Crippen LogP contribution in [0.25, 0.3) is 0 Å². The van der Waals surface area contributed by atoms with E-state index < -0.39 is 0 Å². The van der Waals surface area contributed by atoms with Crippen molar-refractivity contribution in [1.82, 2.24) is 0 Å². The van der Waals surface area contributed by atoms with Crippen molar-refractivity contribution in [3.63, 3.8) is 0 Å². The van der Waals surface area contributed by atoms with E-state index in [-0.39, 0.29) is 18.0 Å². The molecule has 2 aromatic rings. The summed E-state index contributed by atoms with van der Waals surface area (Å²) in [6.45, 7) is 6.09. The van der Waals surface area contributed by atoms with E-state index in [1.807, 2.05) is 54.3 Å². The molecule has 0 bridgehead atoms. The molecule has 1 heterocycles. The first-order valence-electron chi connectivity index (χ1n) is 7.80. The molecule has 1 amide bonds. The summed E-state index contributed by atoms with van der Waals surface area (Å²) in [6, 6.07) is 16.3. The number of nitrogens with zero attached hydrogens (tertiary/aromatic N) is 1. The predicted molar refractivity (Wildman–Crippen MR) is 91.4 cm³/mol. The molecule has 0 aliphatic carbocycles. The lowest BCUT2D eigenvalue weighted by Crippen LogP contribution is -2.44. The standard InChI is InChI=1S/C19H22N2O/c1-13-8-10-17(11-9-13)20-15(3)19(22)21-14(2)12-16-6-4-5-7-18(16)21/h4-11,14-15,20H,12H2,1-3H3. The molecule has 2 atom stereocenters. The van der Waals surface area contributed by atoms with Gasteiger partial charge in [0.1, 0.15) is 6.04 Å². The zero-order valence-corrected chi connectivity index (χ0v) is 13.3. The minimum Gasteiger partial charge on any atom is -0.374 e. The average molecular weight is 294 g/mol. The van der Waals surface area contributed by atoms with E-state index in [4.69, 9.17) is 0 Å². The number of benzene rings is 2. The van der Waals surface area contributed by atoms with Crippen LogP contribution in [-0.2, 0) is 11.2 Å². The predicted octanol–water partition coefficient (Wildman–Crippen LogP) is 3.77. The minimum absolute atomic E-state index is 0.123. The van der Waals surface area contributed by atoms with Crippen LogP contribution in [0.1, 0.15) is 25.0 Å². The normalized spacial score (nSPS) is 18.0. The highest BCUT2D eigenvalue weighted by molar-refractivity contribution is 6.00. The Labute approximate surface area is 132 Å². The molecule has 0 fully saturated rings. The van der Waals surface area contributed by atoms with Gasteiger partial charge in [0.15, 0.2) is 0 Å². The largest absolute Gasteiger partial charge is 0.374 e. The molecule has 3 heteroatoms. The third kappa shape index (κ3) is 2.71. The fourth-order valence-corrected chi connectivity index (χ4v) is 3.07. The van der Waals surface area contributed by atoms with E-state index >= 15 is 0 Å². The van der Waals surface area contributed by atoms with Gasteiger partial charge < -0.3 is 10.2 Å². The Kier molecular flexibility index (Phi) is 3.88. The molecule has 2 unspecified atom stereocenters. The molecule has 2 aromatic carbocycles. The number of fused-ring (bicyclic) bond motifs is 1. The van der Waals surface area contributed by atoms with Crippen LogP contribution in [0.3, 0.4) is 0 Å². The number of hydrogen-bond donors (Lipinski definition) is 1. The number of carbonyl (C=O) groups excluding carboxylic acids is 1. The van der Waals surface area contributed by atoms with Gasteiger partial charge >= 0.3 is 0 Å². The van der Waals surface area contributed by atoms with Crippen molar-refractivity contribution < 1.29 is 4.79 Å². The maximum atomic E-state index is 12.9. The molecule has 0 saturated carbocycles. The summed E-state index contributed by atoms with van der Waals surface area (Å²) in [5.74, 6) is 0.123. The van der Waals surface area contributed by atoms with Crippen LogP contribution in [0.15, 0.2) is 48.5 Å². The van der Waals surface area contributed by atoms with Crippen molar-refractivity contribution in [2.45, 2.75) is 39.3 Å². The quantitative estimate of drug-likeness (QED) is 0.934. The molecule has 1 aliphatic heterocycles. The second-order valence-corrected chi connectivity index (χ2v) is 6.12. The van der Waals surface area contributed by atoms with Crippen molar-refractivity contribution in [3.05, 3.63) is 59.7 Å².